The van der Waals surface area contributed by atoms with Crippen molar-refractivity contribution >= 4 is 12.1 Å². The molecule has 2 fully saturated rings. The Labute approximate surface area is 145 Å². The maximum absolute atomic E-state index is 12.9. The van der Waals surface area contributed by atoms with Crippen LogP contribution in [0.4, 0.5) is 4.79 Å². The summed E-state index contributed by atoms with van der Waals surface area (Å²) in [4.78, 5) is 25.9. The number of carbonyl (C=O) groups is 2. The van der Waals surface area contributed by atoms with Crippen molar-refractivity contribution in [3.63, 3.8) is 0 Å². The molecule has 1 amide bonds. The van der Waals surface area contributed by atoms with Crippen LogP contribution in [-0.4, -0.2) is 56.0 Å². The van der Waals surface area contributed by atoms with Crippen molar-refractivity contribution in [2.45, 2.75) is 24.9 Å². The van der Waals surface area contributed by atoms with Crippen molar-refractivity contribution in [2.75, 3.05) is 33.4 Å². The Morgan fingerprint density at radius 3 is 2.76 bits per heavy atom. The van der Waals surface area contributed by atoms with Crippen molar-refractivity contribution in [3.8, 4) is 11.5 Å². The second-order valence-corrected chi connectivity index (χ2v) is 6.83. The van der Waals surface area contributed by atoms with Crippen LogP contribution in [0.1, 0.15) is 18.4 Å². The molecule has 0 unspecified atom stereocenters. The number of nitrogens with zero attached hydrogens (tertiary/aromatic N) is 1. The Balaban J connectivity index is 1.40. The van der Waals surface area contributed by atoms with Gasteiger partial charge in [-0.25, -0.2) is 4.79 Å². The van der Waals surface area contributed by atoms with Crippen molar-refractivity contribution in [3.05, 3.63) is 23.8 Å². The molecule has 1 aromatic rings. The normalized spacial score (nSPS) is 24.1. The molecule has 4 rings (SSSR count). The van der Waals surface area contributed by atoms with Gasteiger partial charge in [-0.2, -0.15) is 0 Å². The molecule has 134 valence electrons. The van der Waals surface area contributed by atoms with Gasteiger partial charge in [-0.1, -0.05) is 0 Å². The van der Waals surface area contributed by atoms with E-state index in [-0.39, 0.29) is 18.4 Å². The van der Waals surface area contributed by atoms with Gasteiger partial charge in [0.15, 0.2) is 5.60 Å². The SMILES string of the molecule is COc1ccc2c(c1)C[C@H](C(=O)N1CCC3(CC1)COC(=O)O3)CO2. The molecule has 0 saturated carbocycles. The monoisotopic (exact) mass is 347 g/mol. The second kappa shape index (κ2) is 6.13. The van der Waals surface area contributed by atoms with Crippen LogP contribution in [0.5, 0.6) is 11.5 Å². The largest absolute Gasteiger partial charge is 0.509 e. The molecule has 7 heteroatoms. The number of rotatable bonds is 2. The van der Waals surface area contributed by atoms with Crippen LogP contribution in [-0.2, 0) is 20.7 Å². The van der Waals surface area contributed by atoms with Gasteiger partial charge in [-0.15, -0.1) is 0 Å². The van der Waals surface area contributed by atoms with Crippen molar-refractivity contribution < 1.29 is 28.5 Å². The van der Waals surface area contributed by atoms with E-state index < -0.39 is 11.8 Å². The average Bonchev–Trinajstić information content (AvgIpc) is 3.01. The van der Waals surface area contributed by atoms with Crippen molar-refractivity contribution in [1.29, 1.82) is 0 Å². The molecule has 0 N–H and O–H groups in total. The van der Waals surface area contributed by atoms with Crippen LogP contribution in [0, 0.1) is 5.92 Å². The minimum absolute atomic E-state index is 0.0913. The zero-order valence-electron chi connectivity index (χ0n) is 14.2. The number of ether oxygens (including phenoxy) is 4. The summed E-state index contributed by atoms with van der Waals surface area (Å²) in [6, 6.07) is 5.67. The van der Waals surface area contributed by atoms with Crippen molar-refractivity contribution in [1.82, 2.24) is 4.90 Å². The third kappa shape index (κ3) is 2.99. The summed E-state index contributed by atoms with van der Waals surface area (Å²) in [5.74, 6) is 1.47. The summed E-state index contributed by atoms with van der Waals surface area (Å²) in [6.45, 7) is 1.80. The Morgan fingerprint density at radius 2 is 2.08 bits per heavy atom. The van der Waals surface area contributed by atoms with Crippen molar-refractivity contribution in [2.24, 2.45) is 5.92 Å². The fourth-order valence-electron chi connectivity index (χ4n) is 3.72. The zero-order chi connectivity index (χ0) is 17.4. The molecule has 3 aliphatic heterocycles. The lowest BCUT2D eigenvalue weighted by atomic mass is 9.90. The van der Waals surface area contributed by atoms with Gasteiger partial charge in [0, 0.05) is 25.9 Å². The number of likely N-dealkylation sites (tertiary alicyclic amines) is 1. The summed E-state index contributed by atoms with van der Waals surface area (Å²) in [6.07, 6.45) is 1.27. The van der Waals surface area contributed by atoms with Gasteiger partial charge in [0.05, 0.1) is 13.0 Å². The average molecular weight is 347 g/mol. The van der Waals surface area contributed by atoms with Crippen LogP contribution in [0.2, 0.25) is 0 Å². The van der Waals surface area contributed by atoms with Crippen LogP contribution < -0.4 is 9.47 Å². The van der Waals surface area contributed by atoms with E-state index in [1.165, 1.54) is 0 Å². The number of hydrogen-bond donors (Lipinski definition) is 0. The first-order chi connectivity index (χ1) is 12.1. The lowest BCUT2D eigenvalue weighted by Gasteiger charge is -2.38. The van der Waals surface area contributed by atoms with Gasteiger partial charge in [0.1, 0.15) is 24.7 Å². The first-order valence-corrected chi connectivity index (χ1v) is 8.53. The topological polar surface area (TPSA) is 74.3 Å². The molecule has 2 saturated heterocycles. The summed E-state index contributed by atoms with van der Waals surface area (Å²) in [7, 11) is 1.62. The number of amides is 1. The number of benzene rings is 1. The predicted molar refractivity (Wildman–Crippen MR) is 86.7 cm³/mol. The minimum Gasteiger partial charge on any atom is -0.497 e. The van der Waals surface area contributed by atoms with E-state index in [2.05, 4.69) is 0 Å². The van der Waals surface area contributed by atoms with Gasteiger partial charge in [-0.3, -0.25) is 4.79 Å². The highest BCUT2D eigenvalue weighted by Gasteiger charge is 2.46. The van der Waals surface area contributed by atoms with Gasteiger partial charge in [-0.05, 0) is 30.2 Å². The fraction of sp³-hybridized carbons (Fsp3) is 0.556. The quantitative estimate of drug-likeness (QED) is 0.759. The molecule has 1 spiro atoms. The highest BCUT2D eigenvalue weighted by molar-refractivity contribution is 5.80. The highest BCUT2D eigenvalue weighted by Crippen LogP contribution is 2.34. The third-order valence-corrected chi connectivity index (χ3v) is 5.26. The van der Waals surface area contributed by atoms with E-state index >= 15 is 0 Å². The number of methoxy groups -OCH3 is 1. The molecule has 1 aromatic carbocycles. The minimum atomic E-state index is -0.606. The number of carbonyl (C=O) groups excluding carboxylic acids is 2. The summed E-state index contributed by atoms with van der Waals surface area (Å²) >= 11 is 0. The van der Waals surface area contributed by atoms with E-state index in [1.807, 2.05) is 23.1 Å². The maximum Gasteiger partial charge on any atom is 0.509 e. The highest BCUT2D eigenvalue weighted by atomic mass is 16.8. The molecule has 7 nitrogen and oxygen atoms in total. The lowest BCUT2D eigenvalue weighted by Crippen LogP contribution is -2.50. The van der Waals surface area contributed by atoms with E-state index in [9.17, 15) is 9.59 Å². The molecule has 1 atom stereocenters. The molecule has 0 aliphatic carbocycles. The first-order valence-electron chi connectivity index (χ1n) is 8.53. The van der Waals surface area contributed by atoms with Crippen LogP contribution in [0.3, 0.4) is 0 Å². The summed E-state index contributed by atoms with van der Waals surface area (Å²) in [5.41, 5.74) is 0.451. The maximum atomic E-state index is 12.9. The molecular formula is C18H21NO6. The van der Waals surface area contributed by atoms with E-state index in [0.29, 0.717) is 39.0 Å². The number of cyclic esters (lactones) is 1. The number of fused-ring (bicyclic) bond motifs is 1. The van der Waals surface area contributed by atoms with E-state index in [1.54, 1.807) is 7.11 Å². The smallest absolute Gasteiger partial charge is 0.497 e. The Hall–Kier alpha value is -2.44. The Kier molecular flexibility index (Phi) is 3.94. The van der Waals surface area contributed by atoms with E-state index in [4.69, 9.17) is 18.9 Å². The van der Waals surface area contributed by atoms with Gasteiger partial charge < -0.3 is 23.8 Å². The lowest BCUT2D eigenvalue weighted by molar-refractivity contribution is -0.140. The molecule has 0 radical (unpaired) electrons. The van der Waals surface area contributed by atoms with Gasteiger partial charge >= 0.3 is 6.16 Å². The molecule has 25 heavy (non-hydrogen) atoms. The van der Waals surface area contributed by atoms with Gasteiger partial charge in [0.25, 0.3) is 0 Å². The zero-order valence-corrected chi connectivity index (χ0v) is 14.2. The predicted octanol–water partition coefficient (Wildman–Crippen LogP) is 1.77. The Bertz CT molecular complexity index is 695. The standard InChI is InChI=1S/C18H21NO6/c1-22-14-2-3-15-12(9-14)8-13(10-23-15)16(20)19-6-4-18(5-7-19)11-24-17(21)25-18/h2-3,9,13H,4-8,10-11H2,1H3/t13-/m0/s1. The first kappa shape index (κ1) is 16.1. The van der Waals surface area contributed by atoms with Crippen LogP contribution in [0.15, 0.2) is 18.2 Å². The Morgan fingerprint density at radius 1 is 1.28 bits per heavy atom. The number of piperidine rings is 1. The summed E-state index contributed by atoms with van der Waals surface area (Å²) in [5, 5.41) is 0. The molecule has 3 aliphatic rings. The molecule has 0 aromatic heterocycles. The van der Waals surface area contributed by atoms with E-state index in [0.717, 1.165) is 17.1 Å². The molecule has 0 bridgehead atoms. The van der Waals surface area contributed by atoms with Gasteiger partial charge in [0.2, 0.25) is 5.91 Å². The van der Waals surface area contributed by atoms with Crippen LogP contribution >= 0.6 is 0 Å². The fourth-order valence-corrected chi connectivity index (χ4v) is 3.72. The third-order valence-electron chi connectivity index (χ3n) is 5.26. The summed E-state index contributed by atoms with van der Waals surface area (Å²) < 4.78 is 21.2. The second-order valence-electron chi connectivity index (χ2n) is 6.83. The number of hydrogen-bond acceptors (Lipinski definition) is 6. The van der Waals surface area contributed by atoms with Crippen LogP contribution in [0.25, 0.3) is 0 Å². The molecular weight excluding hydrogens is 326 g/mol. The molecule has 3 heterocycles.